The molecule has 6 heteroatoms. The molecule has 0 atom stereocenters. The van der Waals surface area contributed by atoms with Crippen molar-refractivity contribution in [2.45, 2.75) is 19.0 Å². The highest BCUT2D eigenvalue weighted by Gasteiger charge is 2.30. The Bertz CT molecular complexity index is 1500. The zero-order valence-electron chi connectivity index (χ0n) is 25.8. The van der Waals surface area contributed by atoms with Gasteiger partial charge < -0.3 is 9.47 Å². The Labute approximate surface area is 245 Å². The normalized spacial score (nSPS) is 13.1. The van der Waals surface area contributed by atoms with Gasteiger partial charge in [-0.1, -0.05) is 72.8 Å². The number of hydrogen-bond donors (Lipinski definition) is 0. The van der Waals surface area contributed by atoms with E-state index in [9.17, 15) is 0 Å². The third kappa shape index (κ3) is 5.48. The molecule has 0 radical (unpaired) electrons. The molecule has 2 heterocycles. The first-order valence-electron chi connectivity index (χ1n) is 14.3. The topological polar surface area (TPSA) is 21.1 Å². The minimum Gasteiger partial charge on any atom is -0.312 e. The SMILES string of the molecule is CN(C)C(N(C)C)N1c2ccccc2Cc2ccccc21.CN(C)C(N(C)C)n1c2ccccc2c2ccccc21. The lowest BCUT2D eigenvalue weighted by Gasteiger charge is -2.44. The monoisotopic (exact) mass is 548 g/mol. The summed E-state index contributed by atoms with van der Waals surface area (Å²) in [5, 5.41) is 2.63. The van der Waals surface area contributed by atoms with E-state index in [0.29, 0.717) is 0 Å². The molecule has 0 unspecified atom stereocenters. The highest BCUT2D eigenvalue weighted by atomic mass is 15.5. The Kier molecular flexibility index (Phi) is 8.47. The Morgan fingerprint density at radius 1 is 0.463 bits per heavy atom. The van der Waals surface area contributed by atoms with E-state index < -0.39 is 0 Å². The van der Waals surface area contributed by atoms with Crippen LogP contribution in [-0.2, 0) is 6.42 Å². The van der Waals surface area contributed by atoms with Crippen molar-refractivity contribution in [1.29, 1.82) is 0 Å². The highest BCUT2D eigenvalue weighted by molar-refractivity contribution is 6.08. The van der Waals surface area contributed by atoms with Gasteiger partial charge in [-0.25, -0.2) is 0 Å². The van der Waals surface area contributed by atoms with E-state index >= 15 is 0 Å². The maximum absolute atomic E-state index is 2.44. The molecule has 4 aromatic carbocycles. The van der Waals surface area contributed by atoms with Crippen molar-refractivity contribution in [3.63, 3.8) is 0 Å². The zero-order chi connectivity index (χ0) is 29.3. The van der Waals surface area contributed by atoms with Crippen LogP contribution < -0.4 is 4.90 Å². The number of benzene rings is 4. The van der Waals surface area contributed by atoms with Gasteiger partial charge in [-0.3, -0.25) is 19.6 Å². The summed E-state index contributed by atoms with van der Waals surface area (Å²) in [7, 11) is 17.0. The highest BCUT2D eigenvalue weighted by Crippen LogP contribution is 2.40. The maximum atomic E-state index is 2.44. The summed E-state index contributed by atoms with van der Waals surface area (Å²) < 4.78 is 2.41. The fourth-order valence-corrected chi connectivity index (χ4v) is 6.42. The molecule has 0 N–H and O–H groups in total. The Morgan fingerprint density at radius 3 is 1.24 bits per heavy atom. The van der Waals surface area contributed by atoms with E-state index in [4.69, 9.17) is 0 Å². The summed E-state index contributed by atoms with van der Waals surface area (Å²) >= 11 is 0. The Morgan fingerprint density at radius 2 is 0.829 bits per heavy atom. The molecule has 0 fully saturated rings. The van der Waals surface area contributed by atoms with Crippen molar-refractivity contribution in [3.05, 3.63) is 108 Å². The minimum absolute atomic E-state index is 0.188. The summed E-state index contributed by atoms with van der Waals surface area (Å²) in [6.07, 6.45) is 1.39. The molecule has 41 heavy (non-hydrogen) atoms. The van der Waals surface area contributed by atoms with Crippen molar-refractivity contribution >= 4 is 33.2 Å². The molecular formula is C35H44N6. The van der Waals surface area contributed by atoms with Crippen LogP contribution in [0.3, 0.4) is 0 Å². The molecule has 0 saturated carbocycles. The molecule has 0 saturated heterocycles. The minimum atomic E-state index is 0.188. The van der Waals surface area contributed by atoms with Crippen LogP contribution in [0.15, 0.2) is 97.1 Å². The van der Waals surface area contributed by atoms with Gasteiger partial charge in [0, 0.05) is 28.6 Å². The van der Waals surface area contributed by atoms with Crippen LogP contribution in [-0.4, -0.2) is 86.8 Å². The van der Waals surface area contributed by atoms with E-state index in [1.807, 2.05) is 0 Å². The standard InChI is InChI=1S/C18H23N3.C17H21N3/c1-19(2)18(20(3)4)21-16-11-7-5-9-14(16)13-15-10-6-8-12-17(15)21;1-18(2)17(19(3)4)20-15-11-7-5-9-13(15)14-10-6-8-12-16(14)20/h5-12,18H,13H2,1-4H3;5-12,17H,1-4H3. The van der Waals surface area contributed by atoms with Crippen molar-refractivity contribution < 1.29 is 0 Å². The summed E-state index contributed by atoms with van der Waals surface area (Å²) in [5.74, 6) is 0. The number of rotatable bonds is 6. The smallest absolute Gasteiger partial charge is 0.143 e. The molecule has 0 bridgehead atoms. The molecule has 6 nitrogen and oxygen atoms in total. The first-order valence-corrected chi connectivity index (χ1v) is 14.3. The van der Waals surface area contributed by atoms with Crippen LogP contribution in [0, 0.1) is 0 Å². The lowest BCUT2D eigenvalue weighted by Crippen LogP contribution is -2.52. The molecule has 1 aliphatic rings. The van der Waals surface area contributed by atoms with E-state index in [1.165, 1.54) is 44.3 Å². The second kappa shape index (κ2) is 12.0. The van der Waals surface area contributed by atoms with Crippen LogP contribution in [0.25, 0.3) is 21.8 Å². The molecule has 0 aliphatic carbocycles. The van der Waals surface area contributed by atoms with Gasteiger partial charge in [0.05, 0.1) is 11.0 Å². The van der Waals surface area contributed by atoms with Gasteiger partial charge in [0.2, 0.25) is 0 Å². The summed E-state index contributed by atoms with van der Waals surface area (Å²) in [6.45, 7) is 0. The number of anilines is 2. The van der Waals surface area contributed by atoms with Crippen molar-refractivity contribution in [2.24, 2.45) is 0 Å². The molecule has 0 spiro atoms. The van der Waals surface area contributed by atoms with E-state index in [2.05, 4.69) is 183 Å². The van der Waals surface area contributed by atoms with Gasteiger partial charge in [-0.2, -0.15) is 0 Å². The lowest BCUT2D eigenvalue weighted by molar-refractivity contribution is 0.0712. The van der Waals surface area contributed by atoms with Crippen molar-refractivity contribution in [1.82, 2.24) is 24.2 Å². The second-order valence-electron chi connectivity index (χ2n) is 11.8. The quantitative estimate of drug-likeness (QED) is 0.225. The molecule has 0 amide bonds. The van der Waals surface area contributed by atoms with Gasteiger partial charge in [0.25, 0.3) is 0 Å². The van der Waals surface area contributed by atoms with Crippen LogP contribution in [0.5, 0.6) is 0 Å². The predicted octanol–water partition coefficient (Wildman–Crippen LogP) is 6.51. The van der Waals surface area contributed by atoms with E-state index in [1.54, 1.807) is 0 Å². The van der Waals surface area contributed by atoms with Gasteiger partial charge in [-0.15, -0.1) is 0 Å². The van der Waals surface area contributed by atoms with Crippen LogP contribution >= 0.6 is 0 Å². The molecule has 214 valence electrons. The number of nitrogens with zero attached hydrogens (tertiary/aromatic N) is 6. The fraction of sp³-hybridized carbons (Fsp3) is 0.314. The Balaban J connectivity index is 0.000000165. The number of fused-ring (bicyclic) bond motifs is 5. The van der Waals surface area contributed by atoms with Crippen LogP contribution in [0.4, 0.5) is 11.4 Å². The van der Waals surface area contributed by atoms with E-state index in [-0.39, 0.29) is 12.6 Å². The van der Waals surface area contributed by atoms with Gasteiger partial charge in [0.15, 0.2) is 0 Å². The molecular weight excluding hydrogens is 504 g/mol. The van der Waals surface area contributed by atoms with E-state index in [0.717, 1.165) is 6.42 Å². The summed E-state index contributed by atoms with van der Waals surface area (Å²) in [4.78, 5) is 11.4. The van der Waals surface area contributed by atoms with Gasteiger partial charge in [-0.05, 0) is 91.8 Å². The molecule has 1 aromatic heterocycles. The number of para-hydroxylation sites is 4. The third-order valence-corrected chi connectivity index (χ3v) is 7.81. The van der Waals surface area contributed by atoms with Gasteiger partial charge >= 0.3 is 0 Å². The van der Waals surface area contributed by atoms with Crippen LogP contribution in [0.2, 0.25) is 0 Å². The largest absolute Gasteiger partial charge is 0.312 e. The third-order valence-electron chi connectivity index (χ3n) is 7.81. The first-order chi connectivity index (χ1) is 19.7. The van der Waals surface area contributed by atoms with Crippen LogP contribution in [0.1, 0.15) is 17.4 Å². The molecule has 1 aliphatic heterocycles. The number of hydrogen-bond acceptors (Lipinski definition) is 5. The molecule has 6 rings (SSSR count). The average Bonchev–Trinajstić information content (AvgIpc) is 3.27. The maximum Gasteiger partial charge on any atom is 0.143 e. The summed E-state index contributed by atoms with van der Waals surface area (Å²) in [6, 6.07) is 34.7. The number of aromatic nitrogens is 1. The Hall–Kier alpha value is -3.68. The first kappa shape index (κ1) is 28.8. The van der Waals surface area contributed by atoms with Crippen molar-refractivity contribution in [2.75, 3.05) is 61.3 Å². The lowest BCUT2D eigenvalue weighted by atomic mass is 9.95. The molecule has 5 aromatic rings. The zero-order valence-corrected chi connectivity index (χ0v) is 25.8. The predicted molar refractivity (Wildman–Crippen MR) is 175 cm³/mol. The summed E-state index contributed by atoms with van der Waals surface area (Å²) in [5.41, 5.74) is 7.96. The van der Waals surface area contributed by atoms with Gasteiger partial charge in [0.1, 0.15) is 12.6 Å². The average molecular weight is 549 g/mol. The fourth-order valence-electron chi connectivity index (χ4n) is 6.42. The van der Waals surface area contributed by atoms with Crippen molar-refractivity contribution in [3.8, 4) is 0 Å². The second-order valence-corrected chi connectivity index (χ2v) is 11.8.